The minimum absolute atomic E-state index is 0.878. The van der Waals surface area contributed by atoms with E-state index in [2.05, 4.69) is 48.3 Å². The molecule has 0 radical (unpaired) electrons. The fourth-order valence-corrected chi connectivity index (χ4v) is 2.47. The van der Waals surface area contributed by atoms with E-state index in [0.717, 1.165) is 17.0 Å². The highest BCUT2D eigenvalue weighted by Gasteiger charge is 2.07. The fourth-order valence-electron chi connectivity index (χ4n) is 2.47. The normalized spacial score (nSPS) is 11.4. The summed E-state index contributed by atoms with van der Waals surface area (Å²) in [6, 6.07) is 10.3. The van der Waals surface area contributed by atoms with Gasteiger partial charge in [-0.3, -0.25) is 0 Å². The van der Waals surface area contributed by atoms with E-state index in [-0.39, 0.29) is 0 Å². The van der Waals surface area contributed by atoms with Crippen molar-refractivity contribution in [3.63, 3.8) is 0 Å². The molecule has 1 N–H and O–H groups in total. The largest absolute Gasteiger partial charge is 0.497 e. The van der Waals surface area contributed by atoms with Crippen molar-refractivity contribution in [2.45, 2.75) is 6.92 Å². The molecule has 0 spiro atoms. The minimum Gasteiger partial charge on any atom is -0.497 e. The molecule has 0 aliphatic carbocycles. The number of rotatable bonds is 3. The van der Waals surface area contributed by atoms with Gasteiger partial charge in [-0.15, -0.1) is 0 Å². The van der Waals surface area contributed by atoms with Gasteiger partial charge in [0, 0.05) is 34.3 Å². The second-order valence-electron chi connectivity index (χ2n) is 5.21. The number of benzene rings is 1. The summed E-state index contributed by atoms with van der Waals surface area (Å²) in [6.45, 7) is 2.09. The van der Waals surface area contributed by atoms with Crippen LogP contribution in [0.1, 0.15) is 16.8 Å². The number of pyridine rings is 1. The number of hydrogen-bond donors (Lipinski definition) is 1. The Bertz CT molecular complexity index is 798. The van der Waals surface area contributed by atoms with Crippen LogP contribution in [0, 0.1) is 6.92 Å². The lowest BCUT2D eigenvalue weighted by Gasteiger charge is -1.99. The third kappa shape index (κ3) is 2.68. The average molecular weight is 279 g/mol. The maximum absolute atomic E-state index is 5.32. The van der Waals surface area contributed by atoms with E-state index >= 15 is 0 Å². The topological polar surface area (TPSA) is 28.9 Å². The molecule has 0 aliphatic rings. The number of H-pyrrole nitrogens is 1. The molecule has 0 aliphatic heterocycles. The van der Waals surface area contributed by atoms with Crippen LogP contribution >= 0.6 is 0 Å². The van der Waals surface area contributed by atoms with E-state index in [1.54, 1.807) is 7.11 Å². The molecule has 1 aromatic carbocycles. The van der Waals surface area contributed by atoms with Crippen molar-refractivity contribution in [3.8, 4) is 5.75 Å². The van der Waals surface area contributed by atoms with Crippen molar-refractivity contribution in [2.75, 3.05) is 7.11 Å². The number of nitrogens with one attached hydrogen (secondary N) is 1. The van der Waals surface area contributed by atoms with E-state index in [1.807, 2.05) is 30.1 Å². The standard InChI is InChI=1S/C18H18N2O/c1-13-16(6-4-14-8-10-20(2)11-9-14)17-12-15(21-3)5-7-18(17)19-13/h4-12H,1-3H3/p+1. The van der Waals surface area contributed by atoms with Gasteiger partial charge in [0.15, 0.2) is 12.4 Å². The van der Waals surface area contributed by atoms with Crippen LogP contribution in [0.15, 0.2) is 42.7 Å². The quantitative estimate of drug-likeness (QED) is 0.731. The van der Waals surface area contributed by atoms with Crippen LogP contribution < -0.4 is 9.30 Å². The van der Waals surface area contributed by atoms with Crippen molar-refractivity contribution in [3.05, 3.63) is 59.5 Å². The van der Waals surface area contributed by atoms with Gasteiger partial charge < -0.3 is 9.72 Å². The molecular weight excluding hydrogens is 260 g/mol. The van der Waals surface area contributed by atoms with E-state index in [1.165, 1.54) is 16.5 Å². The highest BCUT2D eigenvalue weighted by molar-refractivity contribution is 5.93. The first kappa shape index (κ1) is 13.4. The number of ether oxygens (including phenoxy) is 1. The summed E-state index contributed by atoms with van der Waals surface area (Å²) in [6.07, 6.45) is 8.38. The van der Waals surface area contributed by atoms with Crippen LogP contribution in [0.25, 0.3) is 23.1 Å². The van der Waals surface area contributed by atoms with E-state index in [4.69, 9.17) is 4.74 Å². The molecule has 0 saturated heterocycles. The molecule has 106 valence electrons. The Morgan fingerprint density at radius 3 is 2.57 bits per heavy atom. The average Bonchev–Trinajstić information content (AvgIpc) is 2.81. The van der Waals surface area contributed by atoms with Crippen LogP contribution in [0.2, 0.25) is 0 Å². The predicted octanol–water partition coefficient (Wildman–Crippen LogP) is 3.48. The van der Waals surface area contributed by atoms with Crippen LogP contribution in [0.3, 0.4) is 0 Å². The summed E-state index contributed by atoms with van der Waals surface area (Å²) in [5.41, 5.74) is 4.69. The molecule has 2 aromatic heterocycles. The van der Waals surface area contributed by atoms with Gasteiger partial charge in [-0.05, 0) is 30.7 Å². The van der Waals surface area contributed by atoms with Crippen molar-refractivity contribution in [2.24, 2.45) is 7.05 Å². The van der Waals surface area contributed by atoms with Gasteiger partial charge in [0.1, 0.15) is 12.8 Å². The second kappa shape index (κ2) is 5.44. The first-order valence-electron chi connectivity index (χ1n) is 6.97. The zero-order valence-electron chi connectivity index (χ0n) is 12.6. The molecule has 0 bridgehead atoms. The number of fused-ring (bicyclic) bond motifs is 1. The molecule has 0 unspecified atom stereocenters. The zero-order valence-corrected chi connectivity index (χ0v) is 12.6. The monoisotopic (exact) mass is 279 g/mol. The molecule has 3 heteroatoms. The number of aromatic amines is 1. The Morgan fingerprint density at radius 2 is 1.86 bits per heavy atom. The van der Waals surface area contributed by atoms with Crippen LogP contribution in [-0.2, 0) is 7.05 Å². The van der Waals surface area contributed by atoms with Gasteiger partial charge in [-0.1, -0.05) is 12.2 Å². The second-order valence-corrected chi connectivity index (χ2v) is 5.21. The summed E-state index contributed by atoms with van der Waals surface area (Å²) < 4.78 is 7.35. The van der Waals surface area contributed by atoms with E-state index in [9.17, 15) is 0 Å². The Labute approximate surface area is 124 Å². The number of aromatic nitrogens is 2. The van der Waals surface area contributed by atoms with Gasteiger partial charge in [-0.2, -0.15) is 0 Å². The van der Waals surface area contributed by atoms with Crippen LogP contribution in [-0.4, -0.2) is 12.1 Å². The minimum atomic E-state index is 0.878. The third-order valence-corrected chi connectivity index (χ3v) is 3.69. The first-order valence-corrected chi connectivity index (χ1v) is 6.97. The van der Waals surface area contributed by atoms with Gasteiger partial charge in [0.25, 0.3) is 0 Å². The van der Waals surface area contributed by atoms with Crippen molar-refractivity contribution >= 4 is 23.1 Å². The summed E-state index contributed by atoms with van der Waals surface area (Å²) in [5, 5.41) is 1.18. The molecule has 0 amide bonds. The molecule has 3 aromatic rings. The molecular formula is C18H19N2O+. The third-order valence-electron chi connectivity index (χ3n) is 3.69. The number of hydrogen-bond acceptors (Lipinski definition) is 1. The van der Waals surface area contributed by atoms with Gasteiger partial charge in [0.2, 0.25) is 0 Å². The Hall–Kier alpha value is -2.55. The molecule has 21 heavy (non-hydrogen) atoms. The van der Waals surface area contributed by atoms with Crippen LogP contribution in [0.4, 0.5) is 0 Å². The van der Waals surface area contributed by atoms with Gasteiger partial charge in [-0.25, -0.2) is 4.57 Å². The zero-order chi connectivity index (χ0) is 14.8. The lowest BCUT2D eigenvalue weighted by atomic mass is 10.1. The van der Waals surface area contributed by atoms with Crippen molar-refractivity contribution in [1.29, 1.82) is 0 Å². The number of aryl methyl sites for hydroxylation is 2. The molecule has 0 saturated carbocycles. The first-order chi connectivity index (χ1) is 10.2. The Balaban J connectivity index is 2.03. The summed E-state index contributed by atoms with van der Waals surface area (Å²) in [7, 11) is 3.71. The molecule has 0 fully saturated rings. The molecule has 3 rings (SSSR count). The predicted molar refractivity (Wildman–Crippen MR) is 86.1 cm³/mol. The molecule has 3 nitrogen and oxygen atoms in total. The number of methoxy groups -OCH3 is 1. The highest BCUT2D eigenvalue weighted by atomic mass is 16.5. The lowest BCUT2D eigenvalue weighted by Crippen LogP contribution is -2.25. The summed E-state index contributed by atoms with van der Waals surface area (Å²) in [4.78, 5) is 3.41. The van der Waals surface area contributed by atoms with Crippen molar-refractivity contribution in [1.82, 2.24) is 4.98 Å². The highest BCUT2D eigenvalue weighted by Crippen LogP contribution is 2.27. The molecule has 2 heterocycles. The lowest BCUT2D eigenvalue weighted by molar-refractivity contribution is -0.671. The fraction of sp³-hybridized carbons (Fsp3) is 0.167. The van der Waals surface area contributed by atoms with Crippen molar-refractivity contribution < 1.29 is 9.30 Å². The number of nitrogens with zero attached hydrogens (tertiary/aromatic N) is 1. The summed E-state index contributed by atoms with van der Waals surface area (Å²) >= 11 is 0. The van der Waals surface area contributed by atoms with Gasteiger partial charge >= 0.3 is 0 Å². The maximum atomic E-state index is 5.32. The SMILES string of the molecule is COc1ccc2[nH]c(C)c(/C=C/c3cc[n+](C)cc3)c2c1. The van der Waals surface area contributed by atoms with E-state index in [0.29, 0.717) is 0 Å². The Morgan fingerprint density at radius 1 is 1.10 bits per heavy atom. The van der Waals surface area contributed by atoms with Crippen LogP contribution in [0.5, 0.6) is 5.75 Å². The van der Waals surface area contributed by atoms with Gasteiger partial charge in [0.05, 0.1) is 7.11 Å². The maximum Gasteiger partial charge on any atom is 0.169 e. The molecule has 0 atom stereocenters. The van der Waals surface area contributed by atoms with E-state index < -0.39 is 0 Å². The smallest absolute Gasteiger partial charge is 0.169 e. The summed E-state index contributed by atoms with van der Waals surface area (Å²) in [5.74, 6) is 0.878. The Kier molecular flexibility index (Phi) is 3.48.